The van der Waals surface area contributed by atoms with Gasteiger partial charge in [0.15, 0.2) is 0 Å². The quantitative estimate of drug-likeness (QED) is 0.800. The lowest BCUT2D eigenvalue weighted by Gasteiger charge is -2.24. The van der Waals surface area contributed by atoms with E-state index in [-0.39, 0.29) is 18.0 Å². The van der Waals surface area contributed by atoms with Crippen LogP contribution in [-0.4, -0.2) is 45.6 Å². The molecule has 2 unspecified atom stereocenters. The number of rotatable bonds is 4. The van der Waals surface area contributed by atoms with Crippen LogP contribution in [0.4, 0.5) is 0 Å². The highest BCUT2D eigenvalue weighted by atomic mass is 32.2. The summed E-state index contributed by atoms with van der Waals surface area (Å²) in [4.78, 5) is 15.9. The van der Waals surface area contributed by atoms with Gasteiger partial charge in [-0.25, -0.2) is 4.98 Å². The molecule has 1 aromatic rings. The molecular weight excluding hydrogens is 236 g/mol. The first-order chi connectivity index (χ1) is 8.25. The Morgan fingerprint density at radius 1 is 1.76 bits per heavy atom. The molecule has 5 nitrogen and oxygen atoms in total. The summed E-state index contributed by atoms with van der Waals surface area (Å²) in [6, 6.07) is 0.0735. The zero-order chi connectivity index (χ0) is 12.1. The lowest BCUT2D eigenvalue weighted by molar-refractivity contribution is -0.123. The van der Waals surface area contributed by atoms with Gasteiger partial charge in [-0.1, -0.05) is 0 Å². The summed E-state index contributed by atoms with van der Waals surface area (Å²) in [5.41, 5.74) is 0. The van der Waals surface area contributed by atoms with Crippen molar-refractivity contribution in [1.82, 2.24) is 20.2 Å². The van der Waals surface area contributed by atoms with E-state index in [0.29, 0.717) is 0 Å². The van der Waals surface area contributed by atoms with Crippen molar-refractivity contribution in [3.05, 3.63) is 18.7 Å². The van der Waals surface area contributed by atoms with Gasteiger partial charge in [0.05, 0.1) is 12.4 Å². The molecule has 1 aliphatic rings. The fourth-order valence-electron chi connectivity index (χ4n) is 1.83. The highest BCUT2D eigenvalue weighted by Crippen LogP contribution is 2.07. The molecule has 0 spiro atoms. The number of carbonyl (C=O) groups excluding carboxylic acids is 1. The lowest BCUT2D eigenvalue weighted by atomic mass is 10.2. The number of nitrogens with one attached hydrogen (secondary N) is 2. The summed E-state index contributed by atoms with van der Waals surface area (Å²) in [5, 5.41) is 6.26. The number of thioether (sulfide) groups is 1. The topological polar surface area (TPSA) is 59.0 Å². The first-order valence-corrected chi connectivity index (χ1v) is 6.98. The summed E-state index contributed by atoms with van der Waals surface area (Å²) in [7, 11) is 0. The lowest BCUT2D eigenvalue weighted by Crippen LogP contribution is -2.51. The number of carbonyl (C=O) groups is 1. The molecule has 6 heteroatoms. The van der Waals surface area contributed by atoms with Crippen LogP contribution in [-0.2, 0) is 11.3 Å². The predicted molar refractivity (Wildman–Crippen MR) is 68.9 cm³/mol. The second kappa shape index (κ2) is 6.07. The first kappa shape index (κ1) is 12.4. The number of hydrogen-bond donors (Lipinski definition) is 2. The molecule has 0 aromatic carbocycles. The Bertz CT molecular complexity index is 348. The van der Waals surface area contributed by atoms with E-state index < -0.39 is 0 Å². The van der Waals surface area contributed by atoms with Gasteiger partial charge < -0.3 is 15.2 Å². The van der Waals surface area contributed by atoms with Crippen molar-refractivity contribution in [2.75, 3.05) is 18.1 Å². The van der Waals surface area contributed by atoms with Crippen LogP contribution in [0.15, 0.2) is 18.7 Å². The third-order valence-electron chi connectivity index (χ3n) is 2.67. The van der Waals surface area contributed by atoms with Crippen LogP contribution in [0.5, 0.6) is 0 Å². The zero-order valence-corrected chi connectivity index (χ0v) is 10.7. The maximum Gasteiger partial charge on any atom is 0.238 e. The fourth-order valence-corrected chi connectivity index (χ4v) is 2.77. The minimum atomic E-state index is -0.0426. The third-order valence-corrected chi connectivity index (χ3v) is 3.73. The Hall–Kier alpha value is -1.01. The molecule has 1 fully saturated rings. The fraction of sp³-hybridized carbons (Fsp3) is 0.636. The van der Waals surface area contributed by atoms with E-state index in [1.165, 1.54) is 0 Å². The van der Waals surface area contributed by atoms with Crippen LogP contribution in [0.2, 0.25) is 0 Å². The largest absolute Gasteiger partial charge is 0.350 e. The van der Waals surface area contributed by atoms with Crippen LogP contribution in [0, 0.1) is 0 Å². The van der Waals surface area contributed by atoms with Gasteiger partial charge in [-0.3, -0.25) is 4.79 Å². The Labute approximate surface area is 105 Å². The molecule has 0 aliphatic carbocycles. The van der Waals surface area contributed by atoms with Gasteiger partial charge in [0.2, 0.25) is 5.91 Å². The summed E-state index contributed by atoms with van der Waals surface area (Å²) >= 11 is 1.83. The molecule has 2 rings (SSSR count). The van der Waals surface area contributed by atoms with E-state index in [0.717, 1.165) is 24.6 Å². The van der Waals surface area contributed by atoms with Crippen molar-refractivity contribution in [2.45, 2.75) is 25.6 Å². The average molecular weight is 254 g/mol. The number of amides is 1. The van der Waals surface area contributed by atoms with Crippen LogP contribution in [0.25, 0.3) is 0 Å². The summed E-state index contributed by atoms with van der Waals surface area (Å²) < 4.78 is 1.97. The smallest absolute Gasteiger partial charge is 0.238 e. The Balaban J connectivity index is 1.77. The molecule has 0 saturated carbocycles. The predicted octanol–water partition coefficient (Wildman–Crippen LogP) is 0.0928. The van der Waals surface area contributed by atoms with Crippen molar-refractivity contribution in [3.8, 4) is 0 Å². The maximum absolute atomic E-state index is 11.9. The molecule has 94 valence electrons. The van der Waals surface area contributed by atoms with Crippen LogP contribution in [0.1, 0.15) is 6.92 Å². The highest BCUT2D eigenvalue weighted by Gasteiger charge is 2.21. The monoisotopic (exact) mass is 254 g/mol. The molecule has 2 N–H and O–H groups in total. The van der Waals surface area contributed by atoms with E-state index in [1.54, 1.807) is 12.5 Å². The second-order valence-corrected chi connectivity index (χ2v) is 5.40. The van der Waals surface area contributed by atoms with Crippen molar-refractivity contribution in [1.29, 1.82) is 0 Å². The minimum absolute atomic E-state index is 0.0426. The van der Waals surface area contributed by atoms with E-state index in [2.05, 4.69) is 15.6 Å². The van der Waals surface area contributed by atoms with Crippen molar-refractivity contribution in [2.24, 2.45) is 0 Å². The van der Waals surface area contributed by atoms with Crippen LogP contribution < -0.4 is 10.6 Å². The molecule has 0 radical (unpaired) electrons. The molecule has 0 bridgehead atoms. The number of hydrogen-bond acceptors (Lipinski definition) is 4. The van der Waals surface area contributed by atoms with Gasteiger partial charge in [0, 0.05) is 43.0 Å². The van der Waals surface area contributed by atoms with Gasteiger partial charge in [-0.2, -0.15) is 11.8 Å². The van der Waals surface area contributed by atoms with Gasteiger partial charge in [-0.05, 0) is 6.92 Å². The Kier molecular flexibility index (Phi) is 4.44. The van der Waals surface area contributed by atoms with Gasteiger partial charge in [-0.15, -0.1) is 0 Å². The zero-order valence-electron chi connectivity index (χ0n) is 9.93. The molecule has 2 heterocycles. The van der Waals surface area contributed by atoms with Crippen LogP contribution >= 0.6 is 11.8 Å². The second-order valence-electron chi connectivity index (χ2n) is 4.25. The van der Waals surface area contributed by atoms with Crippen molar-refractivity contribution < 1.29 is 4.79 Å². The highest BCUT2D eigenvalue weighted by molar-refractivity contribution is 7.99. The summed E-state index contributed by atoms with van der Waals surface area (Å²) in [6.45, 7) is 3.68. The van der Waals surface area contributed by atoms with Gasteiger partial charge >= 0.3 is 0 Å². The minimum Gasteiger partial charge on any atom is -0.350 e. The van der Waals surface area contributed by atoms with Gasteiger partial charge in [0.1, 0.15) is 0 Å². The normalized spacial score (nSPS) is 22.1. The molecule has 1 saturated heterocycles. The van der Waals surface area contributed by atoms with E-state index >= 15 is 0 Å². The maximum atomic E-state index is 11.9. The Morgan fingerprint density at radius 2 is 2.65 bits per heavy atom. The Morgan fingerprint density at radius 3 is 3.29 bits per heavy atom. The number of nitrogens with zero attached hydrogens (tertiary/aromatic N) is 2. The SMILES string of the molecule is CC(Cn1ccnc1)NC(=O)C1CSCCN1. The summed E-state index contributed by atoms with van der Waals surface area (Å²) in [6.07, 6.45) is 5.41. The number of imidazole rings is 1. The summed E-state index contributed by atoms with van der Waals surface area (Å²) in [5.74, 6) is 2.06. The number of aromatic nitrogens is 2. The van der Waals surface area contributed by atoms with Crippen LogP contribution in [0.3, 0.4) is 0 Å². The van der Waals surface area contributed by atoms with E-state index in [9.17, 15) is 4.79 Å². The third kappa shape index (κ3) is 3.74. The van der Waals surface area contributed by atoms with E-state index in [4.69, 9.17) is 0 Å². The van der Waals surface area contributed by atoms with Gasteiger partial charge in [0.25, 0.3) is 0 Å². The average Bonchev–Trinajstić information content (AvgIpc) is 2.82. The first-order valence-electron chi connectivity index (χ1n) is 5.83. The molecule has 2 atom stereocenters. The molecule has 1 aliphatic heterocycles. The van der Waals surface area contributed by atoms with Crippen molar-refractivity contribution in [3.63, 3.8) is 0 Å². The van der Waals surface area contributed by atoms with Crippen molar-refractivity contribution >= 4 is 17.7 Å². The molecule has 1 aromatic heterocycles. The van der Waals surface area contributed by atoms with E-state index in [1.807, 2.05) is 29.4 Å². The standard InChI is InChI=1S/C11H18N4OS/c1-9(6-15-4-2-12-8-15)14-11(16)10-7-17-5-3-13-10/h2,4,8-10,13H,3,5-7H2,1H3,(H,14,16). The molecule has 1 amide bonds. The molecular formula is C11H18N4OS. The molecule has 17 heavy (non-hydrogen) atoms.